The number of hydrogen-bond donors (Lipinski definition) is 2. The molecule has 0 saturated heterocycles. The van der Waals surface area contributed by atoms with E-state index in [1.54, 1.807) is 11.9 Å². The maximum atomic E-state index is 12.5. The number of amides is 2. The number of benzene rings is 1. The molecule has 1 fully saturated rings. The number of hydrogen-bond acceptors (Lipinski definition) is 3. The monoisotopic (exact) mass is 345 g/mol. The Morgan fingerprint density at radius 1 is 1.20 bits per heavy atom. The molecule has 0 radical (unpaired) electrons. The van der Waals surface area contributed by atoms with Gasteiger partial charge >= 0.3 is 0 Å². The summed E-state index contributed by atoms with van der Waals surface area (Å²) in [6, 6.07) is 7.46. The Labute approximate surface area is 151 Å². The van der Waals surface area contributed by atoms with Gasteiger partial charge in [0, 0.05) is 31.6 Å². The molecule has 0 bridgehead atoms. The molecular weight excluding hydrogens is 314 g/mol. The van der Waals surface area contributed by atoms with Crippen molar-refractivity contribution in [3.63, 3.8) is 0 Å². The Morgan fingerprint density at radius 3 is 2.36 bits per heavy atom. The lowest BCUT2D eigenvalue weighted by Gasteiger charge is -2.29. The SMILES string of the molecule is CN(CC(C)(C)CN)C(=O)c1ccc(CNC(=O)C2CCCC2)cc1. The van der Waals surface area contributed by atoms with E-state index in [-0.39, 0.29) is 23.1 Å². The van der Waals surface area contributed by atoms with Crippen molar-refractivity contribution in [2.24, 2.45) is 17.1 Å². The third-order valence-corrected chi connectivity index (χ3v) is 4.96. The average Bonchev–Trinajstić information content (AvgIpc) is 3.14. The quantitative estimate of drug-likeness (QED) is 0.797. The van der Waals surface area contributed by atoms with E-state index in [4.69, 9.17) is 5.73 Å². The number of carbonyl (C=O) groups excluding carboxylic acids is 2. The largest absolute Gasteiger partial charge is 0.352 e. The summed E-state index contributed by atoms with van der Waals surface area (Å²) < 4.78 is 0. The first kappa shape index (κ1) is 19.4. The molecule has 138 valence electrons. The minimum Gasteiger partial charge on any atom is -0.352 e. The summed E-state index contributed by atoms with van der Waals surface area (Å²) in [4.78, 5) is 26.3. The van der Waals surface area contributed by atoms with Gasteiger partial charge in [-0.1, -0.05) is 38.8 Å². The van der Waals surface area contributed by atoms with E-state index in [9.17, 15) is 9.59 Å². The minimum atomic E-state index is -0.102. The molecule has 0 unspecified atom stereocenters. The molecule has 0 aromatic heterocycles. The first-order valence-electron chi connectivity index (χ1n) is 9.14. The van der Waals surface area contributed by atoms with Crippen molar-refractivity contribution in [3.8, 4) is 0 Å². The minimum absolute atomic E-state index is 0.0110. The van der Waals surface area contributed by atoms with Gasteiger partial charge in [0.2, 0.25) is 5.91 Å². The zero-order valence-corrected chi connectivity index (χ0v) is 15.7. The van der Waals surface area contributed by atoms with Gasteiger partial charge in [-0.05, 0) is 42.5 Å². The second-order valence-corrected chi connectivity index (χ2v) is 7.93. The molecule has 1 saturated carbocycles. The van der Waals surface area contributed by atoms with Crippen LogP contribution in [0.15, 0.2) is 24.3 Å². The van der Waals surface area contributed by atoms with E-state index < -0.39 is 0 Å². The van der Waals surface area contributed by atoms with Gasteiger partial charge < -0.3 is 16.0 Å². The van der Waals surface area contributed by atoms with Crippen molar-refractivity contribution >= 4 is 11.8 Å². The Morgan fingerprint density at radius 2 is 1.80 bits per heavy atom. The average molecular weight is 345 g/mol. The van der Waals surface area contributed by atoms with Crippen LogP contribution in [0.2, 0.25) is 0 Å². The van der Waals surface area contributed by atoms with Gasteiger partial charge in [-0.25, -0.2) is 0 Å². The van der Waals surface area contributed by atoms with Gasteiger partial charge in [-0.3, -0.25) is 9.59 Å². The fourth-order valence-corrected chi connectivity index (χ4v) is 3.29. The third kappa shape index (κ3) is 5.56. The van der Waals surface area contributed by atoms with Crippen LogP contribution in [-0.2, 0) is 11.3 Å². The van der Waals surface area contributed by atoms with Gasteiger partial charge in [-0.15, -0.1) is 0 Å². The summed E-state index contributed by atoms with van der Waals surface area (Å²) in [7, 11) is 1.80. The predicted molar refractivity (Wildman–Crippen MR) is 100 cm³/mol. The van der Waals surface area contributed by atoms with Crippen molar-refractivity contribution < 1.29 is 9.59 Å². The van der Waals surface area contributed by atoms with E-state index in [1.807, 2.05) is 38.1 Å². The van der Waals surface area contributed by atoms with Crippen LogP contribution in [0.3, 0.4) is 0 Å². The Balaban J connectivity index is 1.88. The van der Waals surface area contributed by atoms with Crippen molar-refractivity contribution in [3.05, 3.63) is 35.4 Å². The first-order valence-corrected chi connectivity index (χ1v) is 9.14. The number of nitrogens with one attached hydrogen (secondary N) is 1. The standard InChI is InChI=1S/C20H31N3O2/c1-20(2,13-21)14-23(3)19(25)17-10-8-15(9-11-17)12-22-18(24)16-6-4-5-7-16/h8-11,16H,4-7,12-14,21H2,1-3H3,(H,22,24). The van der Waals surface area contributed by atoms with Crippen LogP contribution in [-0.4, -0.2) is 36.9 Å². The lowest BCUT2D eigenvalue weighted by atomic mass is 9.93. The molecule has 0 atom stereocenters. The fourth-order valence-electron chi connectivity index (χ4n) is 3.29. The smallest absolute Gasteiger partial charge is 0.253 e. The lowest BCUT2D eigenvalue weighted by Crippen LogP contribution is -2.39. The highest BCUT2D eigenvalue weighted by Crippen LogP contribution is 2.24. The van der Waals surface area contributed by atoms with E-state index in [0.29, 0.717) is 25.2 Å². The molecule has 2 rings (SSSR count). The van der Waals surface area contributed by atoms with Crippen molar-refractivity contribution in [2.75, 3.05) is 20.1 Å². The molecule has 5 nitrogen and oxygen atoms in total. The second kappa shape index (κ2) is 8.48. The number of nitrogens with zero attached hydrogens (tertiary/aromatic N) is 1. The van der Waals surface area contributed by atoms with E-state index >= 15 is 0 Å². The zero-order valence-electron chi connectivity index (χ0n) is 15.7. The van der Waals surface area contributed by atoms with Crippen LogP contribution in [0.5, 0.6) is 0 Å². The summed E-state index contributed by atoms with van der Waals surface area (Å²) in [6.45, 7) is 5.76. The van der Waals surface area contributed by atoms with Crippen LogP contribution in [0.25, 0.3) is 0 Å². The van der Waals surface area contributed by atoms with Crippen LogP contribution in [0.4, 0.5) is 0 Å². The molecule has 0 aliphatic heterocycles. The van der Waals surface area contributed by atoms with Gasteiger partial charge in [0.05, 0.1) is 0 Å². The van der Waals surface area contributed by atoms with E-state index in [1.165, 1.54) is 0 Å². The number of rotatable bonds is 7. The van der Waals surface area contributed by atoms with Gasteiger partial charge in [0.25, 0.3) is 5.91 Å². The molecule has 25 heavy (non-hydrogen) atoms. The van der Waals surface area contributed by atoms with Crippen molar-refractivity contribution in [1.29, 1.82) is 0 Å². The zero-order chi connectivity index (χ0) is 18.4. The normalized spacial score (nSPS) is 15.2. The summed E-state index contributed by atoms with van der Waals surface area (Å²) in [5.74, 6) is 0.324. The summed E-state index contributed by atoms with van der Waals surface area (Å²) in [6.07, 6.45) is 4.32. The Kier molecular flexibility index (Phi) is 6.59. The summed E-state index contributed by atoms with van der Waals surface area (Å²) in [5.41, 5.74) is 7.30. The Hall–Kier alpha value is -1.88. The molecular formula is C20H31N3O2. The van der Waals surface area contributed by atoms with Crippen LogP contribution < -0.4 is 11.1 Å². The maximum Gasteiger partial charge on any atom is 0.253 e. The summed E-state index contributed by atoms with van der Waals surface area (Å²) in [5, 5.41) is 3.00. The van der Waals surface area contributed by atoms with Crippen LogP contribution in [0.1, 0.15) is 55.5 Å². The molecule has 1 aromatic rings. The lowest BCUT2D eigenvalue weighted by molar-refractivity contribution is -0.124. The summed E-state index contributed by atoms with van der Waals surface area (Å²) >= 11 is 0. The molecule has 3 N–H and O–H groups in total. The molecule has 1 aliphatic carbocycles. The molecule has 1 aromatic carbocycles. The van der Waals surface area contributed by atoms with Crippen LogP contribution >= 0.6 is 0 Å². The number of carbonyl (C=O) groups is 2. The van der Waals surface area contributed by atoms with Gasteiger partial charge in [-0.2, -0.15) is 0 Å². The number of nitrogens with two attached hydrogens (primary N) is 1. The molecule has 0 spiro atoms. The van der Waals surface area contributed by atoms with Crippen LogP contribution in [0, 0.1) is 11.3 Å². The fraction of sp³-hybridized carbons (Fsp3) is 0.600. The highest BCUT2D eigenvalue weighted by molar-refractivity contribution is 5.94. The van der Waals surface area contributed by atoms with Gasteiger partial charge in [0.15, 0.2) is 0 Å². The predicted octanol–water partition coefficient (Wildman–Crippen LogP) is 2.55. The third-order valence-electron chi connectivity index (χ3n) is 4.96. The topological polar surface area (TPSA) is 75.4 Å². The maximum absolute atomic E-state index is 12.5. The first-order chi connectivity index (χ1) is 11.8. The van der Waals surface area contributed by atoms with Crippen molar-refractivity contribution in [2.45, 2.75) is 46.1 Å². The van der Waals surface area contributed by atoms with E-state index in [0.717, 1.165) is 31.2 Å². The van der Waals surface area contributed by atoms with E-state index in [2.05, 4.69) is 5.32 Å². The van der Waals surface area contributed by atoms with Gasteiger partial charge in [0.1, 0.15) is 0 Å². The highest BCUT2D eigenvalue weighted by atomic mass is 16.2. The highest BCUT2D eigenvalue weighted by Gasteiger charge is 2.23. The molecule has 2 amide bonds. The molecule has 5 heteroatoms. The second-order valence-electron chi connectivity index (χ2n) is 7.93. The molecule has 1 aliphatic rings. The van der Waals surface area contributed by atoms with Crippen molar-refractivity contribution in [1.82, 2.24) is 10.2 Å². The Bertz CT molecular complexity index is 589. The molecule has 0 heterocycles.